The number of fused-ring (bicyclic) bond motifs is 1. The minimum Gasteiger partial charge on any atom is -0.386 e. The quantitative estimate of drug-likeness (QED) is 0.0298. The van der Waals surface area contributed by atoms with E-state index in [0.29, 0.717) is 12.2 Å². The molecule has 1 aliphatic heterocycles. The van der Waals surface area contributed by atoms with E-state index < -0.39 is 84.6 Å². The standard InChI is InChI=1S/C41H74N7O17P3S/c1-5-6-7-8-9-12-15-18-29(2)19-16-13-10-11-14-17-20-32(50)69-24-23-43-31(49)21-22-44-39(53)36(52)41(3,4)26-62-68(59,60)65-67(57,58)61-25-30-35(64-66(54,55)56)34(51)40(63-30)48-28-47-33-37(42)45-27-46-38(33)48/h27-30,34-36,40,51-52H,5-26H2,1-4H3,(H,43,49)(H,44,53)(H,57,58)(H,59,60)(H2,42,45,46)(H2,54,55,56). The van der Waals surface area contributed by atoms with Crippen LogP contribution >= 0.6 is 35.2 Å². The second kappa shape index (κ2) is 29.9. The number of nitrogens with one attached hydrogen (secondary N) is 2. The fraction of sp³-hybridized carbons (Fsp3) is 0.805. The molecule has 3 rings (SSSR count). The number of phosphoric ester groups is 3. The van der Waals surface area contributed by atoms with E-state index in [2.05, 4.69) is 48.3 Å². The summed E-state index contributed by atoms with van der Waals surface area (Å²) in [6.45, 7) is 5.19. The highest BCUT2D eigenvalue weighted by molar-refractivity contribution is 8.13. The summed E-state index contributed by atoms with van der Waals surface area (Å²) < 4.78 is 62.5. The van der Waals surface area contributed by atoms with Crippen molar-refractivity contribution in [1.82, 2.24) is 30.2 Å². The van der Waals surface area contributed by atoms with Gasteiger partial charge in [-0.3, -0.25) is 32.5 Å². The van der Waals surface area contributed by atoms with Crippen LogP contribution < -0.4 is 16.4 Å². The van der Waals surface area contributed by atoms with Crippen molar-refractivity contribution in [2.24, 2.45) is 11.3 Å². The molecule has 69 heavy (non-hydrogen) atoms. The van der Waals surface area contributed by atoms with E-state index in [4.69, 9.17) is 19.5 Å². The number of imidazole rings is 1. The lowest BCUT2D eigenvalue weighted by Gasteiger charge is -2.30. The SMILES string of the molecule is CCCCCCCCCC(C)CCCCCCCCC(=O)SCCNC(=O)CCNC(=O)C(O)C(C)(C)COP(=O)(O)OP(=O)(O)OCC1OC(n2cnc3c(N)ncnc32)C(O)C1OP(=O)(O)O. The topological polar surface area (TPSA) is 364 Å². The molecule has 8 atom stereocenters. The Morgan fingerprint density at radius 2 is 1.48 bits per heavy atom. The molecule has 0 aliphatic carbocycles. The minimum atomic E-state index is -5.58. The van der Waals surface area contributed by atoms with E-state index in [0.717, 1.165) is 54.2 Å². The minimum absolute atomic E-state index is 0.0340. The fourth-order valence-electron chi connectivity index (χ4n) is 7.43. The van der Waals surface area contributed by atoms with E-state index in [1.165, 1.54) is 90.9 Å². The lowest BCUT2D eigenvalue weighted by molar-refractivity contribution is -0.137. The Labute approximate surface area is 407 Å². The molecule has 28 heteroatoms. The van der Waals surface area contributed by atoms with Gasteiger partial charge in [-0.15, -0.1) is 0 Å². The number of amides is 2. The molecule has 0 aromatic carbocycles. The zero-order valence-electron chi connectivity index (χ0n) is 40.0. The number of aromatic nitrogens is 4. The lowest BCUT2D eigenvalue weighted by atomic mass is 9.87. The number of aliphatic hydroxyl groups is 2. The molecule has 8 unspecified atom stereocenters. The molecule has 2 aromatic heterocycles. The number of anilines is 1. The summed E-state index contributed by atoms with van der Waals surface area (Å²) in [5.74, 6) is -0.229. The van der Waals surface area contributed by atoms with Crippen molar-refractivity contribution in [3.05, 3.63) is 12.7 Å². The normalized spacial score (nSPS) is 20.3. The predicted octanol–water partition coefficient (Wildman–Crippen LogP) is 5.56. The van der Waals surface area contributed by atoms with Crippen molar-refractivity contribution in [3.8, 4) is 0 Å². The molecule has 1 saturated heterocycles. The molecule has 0 radical (unpaired) electrons. The van der Waals surface area contributed by atoms with Gasteiger partial charge in [0.2, 0.25) is 11.8 Å². The number of carbonyl (C=O) groups excluding carboxylic acids is 3. The van der Waals surface area contributed by atoms with Crippen molar-refractivity contribution in [1.29, 1.82) is 0 Å². The maximum absolute atomic E-state index is 12.8. The number of ether oxygens (including phenoxy) is 1. The number of hydrogen-bond acceptors (Lipinski definition) is 18. The number of rotatable bonds is 36. The van der Waals surface area contributed by atoms with E-state index in [9.17, 15) is 57.9 Å². The average molecular weight is 1060 g/mol. The number of nitrogen functional groups attached to an aromatic ring is 1. The van der Waals surface area contributed by atoms with Crippen LogP contribution in [-0.4, -0.2) is 123 Å². The van der Waals surface area contributed by atoms with Gasteiger partial charge >= 0.3 is 23.5 Å². The molecule has 1 aliphatic rings. The van der Waals surface area contributed by atoms with Crippen LogP contribution in [-0.2, 0) is 50.7 Å². The van der Waals surface area contributed by atoms with Crippen molar-refractivity contribution in [2.45, 2.75) is 167 Å². The fourth-order valence-corrected chi connectivity index (χ4v) is 11.0. The molecule has 396 valence electrons. The number of aliphatic hydroxyl groups excluding tert-OH is 2. The van der Waals surface area contributed by atoms with Gasteiger partial charge in [0.05, 0.1) is 19.5 Å². The van der Waals surface area contributed by atoms with Gasteiger partial charge in [0, 0.05) is 37.1 Å². The van der Waals surface area contributed by atoms with Gasteiger partial charge in [-0.05, 0) is 12.3 Å². The summed E-state index contributed by atoms with van der Waals surface area (Å²) in [5.41, 5.74) is 4.29. The van der Waals surface area contributed by atoms with Crippen molar-refractivity contribution < 1.29 is 80.5 Å². The smallest absolute Gasteiger partial charge is 0.386 e. The van der Waals surface area contributed by atoms with Gasteiger partial charge in [-0.1, -0.05) is 129 Å². The molecule has 10 N–H and O–H groups in total. The third-order valence-electron chi connectivity index (χ3n) is 11.4. The van der Waals surface area contributed by atoms with Crippen LogP contribution in [0.3, 0.4) is 0 Å². The van der Waals surface area contributed by atoms with Gasteiger partial charge in [-0.2, -0.15) is 4.31 Å². The molecule has 2 aromatic rings. The number of carbonyl (C=O) groups is 3. The van der Waals surface area contributed by atoms with E-state index >= 15 is 0 Å². The Balaban J connectivity index is 1.28. The molecule has 0 bridgehead atoms. The molecule has 2 amide bonds. The highest BCUT2D eigenvalue weighted by Gasteiger charge is 2.50. The molecule has 1 fully saturated rings. The van der Waals surface area contributed by atoms with Crippen LogP contribution in [0.2, 0.25) is 0 Å². The first-order chi connectivity index (χ1) is 32.4. The monoisotopic (exact) mass is 1060 g/mol. The average Bonchev–Trinajstić information content (AvgIpc) is 3.83. The number of unbranched alkanes of at least 4 members (excludes halogenated alkanes) is 11. The van der Waals surface area contributed by atoms with E-state index in [1.54, 1.807) is 0 Å². The molecule has 0 spiro atoms. The van der Waals surface area contributed by atoms with E-state index in [1.807, 2.05) is 0 Å². The zero-order valence-corrected chi connectivity index (χ0v) is 43.5. The van der Waals surface area contributed by atoms with Crippen LogP contribution in [0.15, 0.2) is 12.7 Å². The lowest BCUT2D eigenvalue weighted by Crippen LogP contribution is -2.46. The highest BCUT2D eigenvalue weighted by Crippen LogP contribution is 2.61. The van der Waals surface area contributed by atoms with Crippen LogP contribution in [0.5, 0.6) is 0 Å². The number of nitrogens with two attached hydrogens (primary N) is 1. The van der Waals surface area contributed by atoms with Crippen LogP contribution in [0, 0.1) is 11.3 Å². The first-order valence-corrected chi connectivity index (χ1v) is 29.0. The largest absolute Gasteiger partial charge is 0.481 e. The summed E-state index contributed by atoms with van der Waals surface area (Å²) in [7, 11) is -16.4. The van der Waals surface area contributed by atoms with Gasteiger partial charge in [0.1, 0.15) is 36.3 Å². The zero-order chi connectivity index (χ0) is 51.3. The van der Waals surface area contributed by atoms with Gasteiger partial charge in [0.15, 0.2) is 22.8 Å². The number of nitrogens with zero attached hydrogens (tertiary/aromatic N) is 4. The Morgan fingerprint density at radius 1 is 0.870 bits per heavy atom. The second-order valence-corrected chi connectivity index (χ2v) is 23.4. The Bertz CT molecular complexity index is 2050. The maximum Gasteiger partial charge on any atom is 0.481 e. The summed E-state index contributed by atoms with van der Waals surface area (Å²) in [4.78, 5) is 88.5. The van der Waals surface area contributed by atoms with Gasteiger partial charge in [-0.25, -0.2) is 28.6 Å². The first kappa shape index (κ1) is 60.9. The molecule has 3 heterocycles. The first-order valence-electron chi connectivity index (χ1n) is 23.5. The summed E-state index contributed by atoms with van der Waals surface area (Å²) in [5, 5.41) is 26.7. The van der Waals surface area contributed by atoms with Crippen LogP contribution in [0.4, 0.5) is 5.82 Å². The van der Waals surface area contributed by atoms with E-state index in [-0.39, 0.29) is 41.6 Å². The van der Waals surface area contributed by atoms with Crippen LogP contribution in [0.1, 0.15) is 143 Å². The maximum atomic E-state index is 12.8. The summed E-state index contributed by atoms with van der Waals surface area (Å²) in [6.07, 6.45) is 12.3. The van der Waals surface area contributed by atoms with Gasteiger partial charge in [0.25, 0.3) is 0 Å². The highest BCUT2D eigenvalue weighted by atomic mass is 32.2. The molecule has 0 saturated carbocycles. The summed E-state index contributed by atoms with van der Waals surface area (Å²) in [6, 6.07) is 0. The van der Waals surface area contributed by atoms with Crippen LogP contribution in [0.25, 0.3) is 11.2 Å². The molecular formula is C41H74N7O17P3S. The van der Waals surface area contributed by atoms with Crippen molar-refractivity contribution in [3.63, 3.8) is 0 Å². The predicted molar refractivity (Wildman–Crippen MR) is 256 cm³/mol. The summed E-state index contributed by atoms with van der Waals surface area (Å²) >= 11 is 1.16. The third kappa shape index (κ3) is 22.9. The molecular weight excluding hydrogens is 987 g/mol. The van der Waals surface area contributed by atoms with Crippen molar-refractivity contribution in [2.75, 3.05) is 37.8 Å². The molecule has 24 nitrogen and oxygen atoms in total. The van der Waals surface area contributed by atoms with Gasteiger partial charge < -0.3 is 50.9 Å². The Morgan fingerprint density at radius 3 is 2.12 bits per heavy atom. The Hall–Kier alpha value is -2.44. The third-order valence-corrected chi connectivity index (χ3v) is 15.4. The number of thioether (sulfide) groups is 1. The van der Waals surface area contributed by atoms with Crippen molar-refractivity contribution >= 4 is 69.1 Å². The number of hydrogen-bond donors (Lipinski definition) is 9. The second-order valence-electron chi connectivity index (χ2n) is 18.0. The Kier molecular flexibility index (Phi) is 26.4. The number of phosphoric acid groups is 3.